The normalized spacial score (nSPS) is 14.1. The first-order valence-corrected chi connectivity index (χ1v) is 10.6. The van der Waals surface area contributed by atoms with E-state index >= 15 is 0 Å². The highest BCUT2D eigenvalue weighted by molar-refractivity contribution is 5.63. The largest absolute Gasteiger partial charge is 0.381 e. The SMILES string of the molecule is CCOCC(C)(C=O)CC(Cc1ccc(-c2ccccc2)cc1)NCc1n[nH]c(=O)[nH]1. The molecule has 0 bridgehead atoms. The fraction of sp³-hybridized carbons (Fsp3) is 0.375. The molecule has 0 saturated heterocycles. The van der Waals surface area contributed by atoms with Gasteiger partial charge in [-0.15, -0.1) is 0 Å². The number of H-pyrrole nitrogens is 2. The molecule has 1 heterocycles. The number of aldehydes is 1. The van der Waals surface area contributed by atoms with Crippen LogP contribution in [0.5, 0.6) is 0 Å². The van der Waals surface area contributed by atoms with E-state index in [1.807, 2.05) is 32.0 Å². The van der Waals surface area contributed by atoms with Gasteiger partial charge < -0.3 is 14.8 Å². The van der Waals surface area contributed by atoms with Crippen molar-refractivity contribution in [1.29, 1.82) is 0 Å². The molecule has 164 valence electrons. The Hall–Kier alpha value is -3.03. The van der Waals surface area contributed by atoms with E-state index in [1.165, 1.54) is 5.56 Å². The number of hydrogen-bond acceptors (Lipinski definition) is 5. The molecule has 0 radical (unpaired) electrons. The number of ether oxygens (including phenoxy) is 1. The van der Waals surface area contributed by atoms with Gasteiger partial charge in [-0.05, 0) is 36.5 Å². The number of carbonyl (C=O) groups excluding carboxylic acids is 1. The van der Waals surface area contributed by atoms with E-state index in [9.17, 15) is 9.59 Å². The van der Waals surface area contributed by atoms with Gasteiger partial charge in [-0.25, -0.2) is 9.89 Å². The van der Waals surface area contributed by atoms with E-state index in [0.717, 1.165) is 23.8 Å². The highest BCUT2D eigenvalue weighted by Gasteiger charge is 2.28. The smallest absolute Gasteiger partial charge is 0.340 e. The molecule has 0 spiro atoms. The van der Waals surface area contributed by atoms with E-state index in [1.54, 1.807) is 0 Å². The summed E-state index contributed by atoms with van der Waals surface area (Å²) in [6.07, 6.45) is 2.32. The molecule has 0 saturated carbocycles. The van der Waals surface area contributed by atoms with Gasteiger partial charge in [-0.1, -0.05) is 61.5 Å². The van der Waals surface area contributed by atoms with Crippen molar-refractivity contribution < 1.29 is 9.53 Å². The van der Waals surface area contributed by atoms with Crippen molar-refractivity contribution in [2.75, 3.05) is 13.2 Å². The zero-order valence-corrected chi connectivity index (χ0v) is 18.1. The molecule has 3 rings (SSSR count). The lowest BCUT2D eigenvalue weighted by Gasteiger charge is -2.29. The number of aromatic amines is 2. The first-order chi connectivity index (χ1) is 15.0. The van der Waals surface area contributed by atoms with Gasteiger partial charge in [0.05, 0.1) is 13.2 Å². The van der Waals surface area contributed by atoms with Crippen LogP contribution in [-0.4, -0.2) is 40.7 Å². The van der Waals surface area contributed by atoms with Crippen LogP contribution in [-0.2, 0) is 22.5 Å². The van der Waals surface area contributed by atoms with Crippen LogP contribution >= 0.6 is 0 Å². The maximum absolute atomic E-state index is 11.8. The Morgan fingerprint density at radius 1 is 1.13 bits per heavy atom. The minimum absolute atomic E-state index is 0.00145. The van der Waals surface area contributed by atoms with Crippen molar-refractivity contribution in [2.24, 2.45) is 5.41 Å². The standard InChI is InChI=1S/C24H30N4O3/c1-3-31-17-24(2,16-29)14-21(25-15-22-26-23(30)28-27-22)13-18-9-11-20(12-10-18)19-7-5-4-6-8-19/h4-12,16,21,25H,3,13-15,17H2,1-2H3,(H2,26,27,28,30). The van der Waals surface area contributed by atoms with Crippen molar-refractivity contribution >= 4 is 6.29 Å². The summed E-state index contributed by atoms with van der Waals surface area (Å²) in [5.74, 6) is 0.534. The Morgan fingerprint density at radius 2 is 1.84 bits per heavy atom. The fourth-order valence-corrected chi connectivity index (χ4v) is 3.63. The van der Waals surface area contributed by atoms with E-state index in [4.69, 9.17) is 4.74 Å². The van der Waals surface area contributed by atoms with Crippen LogP contribution in [0.4, 0.5) is 0 Å². The van der Waals surface area contributed by atoms with E-state index in [0.29, 0.717) is 32.0 Å². The molecule has 3 N–H and O–H groups in total. The van der Waals surface area contributed by atoms with Crippen molar-refractivity contribution in [1.82, 2.24) is 20.5 Å². The van der Waals surface area contributed by atoms with Gasteiger partial charge in [0.1, 0.15) is 12.1 Å². The lowest BCUT2D eigenvalue weighted by Crippen LogP contribution is -2.39. The Morgan fingerprint density at radius 3 is 2.45 bits per heavy atom. The monoisotopic (exact) mass is 422 g/mol. The summed E-state index contributed by atoms with van der Waals surface area (Å²) in [5, 5.41) is 9.77. The number of hydrogen-bond donors (Lipinski definition) is 3. The minimum Gasteiger partial charge on any atom is -0.381 e. The lowest BCUT2D eigenvalue weighted by atomic mass is 9.83. The van der Waals surface area contributed by atoms with Gasteiger partial charge in [-0.3, -0.25) is 4.98 Å². The second-order valence-corrected chi connectivity index (χ2v) is 8.08. The Balaban J connectivity index is 1.73. The third-order valence-corrected chi connectivity index (χ3v) is 5.28. The molecule has 2 atom stereocenters. The summed E-state index contributed by atoms with van der Waals surface area (Å²) < 4.78 is 5.55. The number of nitrogens with zero attached hydrogens (tertiary/aromatic N) is 1. The van der Waals surface area contributed by atoms with E-state index in [-0.39, 0.29) is 11.7 Å². The van der Waals surface area contributed by atoms with Crippen LogP contribution in [0.3, 0.4) is 0 Å². The first kappa shape index (κ1) is 22.7. The molecule has 31 heavy (non-hydrogen) atoms. The summed E-state index contributed by atoms with van der Waals surface area (Å²) in [6.45, 7) is 5.17. The van der Waals surface area contributed by atoms with Crippen molar-refractivity contribution in [3.05, 3.63) is 76.5 Å². The fourth-order valence-electron chi connectivity index (χ4n) is 3.63. The molecule has 2 aromatic carbocycles. The van der Waals surface area contributed by atoms with Gasteiger partial charge in [0.2, 0.25) is 0 Å². The number of benzene rings is 2. The third-order valence-electron chi connectivity index (χ3n) is 5.28. The highest BCUT2D eigenvalue weighted by atomic mass is 16.5. The zero-order valence-electron chi connectivity index (χ0n) is 18.1. The van der Waals surface area contributed by atoms with Gasteiger partial charge in [0.25, 0.3) is 0 Å². The quantitative estimate of drug-likeness (QED) is 0.390. The van der Waals surface area contributed by atoms with Crippen molar-refractivity contribution in [2.45, 2.75) is 39.3 Å². The molecular weight excluding hydrogens is 392 g/mol. The van der Waals surface area contributed by atoms with Crippen LogP contribution < -0.4 is 11.0 Å². The summed E-state index contributed by atoms with van der Waals surface area (Å²) in [7, 11) is 0. The number of nitrogens with one attached hydrogen (secondary N) is 3. The number of carbonyl (C=O) groups is 1. The van der Waals surface area contributed by atoms with Crippen molar-refractivity contribution in [3.63, 3.8) is 0 Å². The molecule has 0 aliphatic carbocycles. The molecule has 0 aliphatic heterocycles. The summed E-state index contributed by atoms with van der Waals surface area (Å²) in [4.78, 5) is 25.8. The van der Waals surface area contributed by atoms with Crippen LogP contribution in [0, 0.1) is 5.41 Å². The van der Waals surface area contributed by atoms with E-state index < -0.39 is 5.41 Å². The van der Waals surface area contributed by atoms with Crippen LogP contribution in [0.15, 0.2) is 59.4 Å². The molecule has 0 fully saturated rings. The number of rotatable bonds is 12. The van der Waals surface area contributed by atoms with Crippen LogP contribution in [0.1, 0.15) is 31.7 Å². The summed E-state index contributed by atoms with van der Waals surface area (Å²) in [5.41, 5.74) is 2.57. The molecular formula is C24H30N4O3. The Kier molecular flexibility index (Phi) is 7.92. The second-order valence-electron chi connectivity index (χ2n) is 8.08. The molecule has 3 aromatic rings. The predicted molar refractivity (Wildman–Crippen MR) is 121 cm³/mol. The number of aromatic nitrogens is 3. The third kappa shape index (κ3) is 6.73. The van der Waals surface area contributed by atoms with Crippen LogP contribution in [0.2, 0.25) is 0 Å². The molecule has 2 unspecified atom stereocenters. The Labute approximate surface area is 182 Å². The van der Waals surface area contributed by atoms with Gasteiger partial charge in [0, 0.05) is 18.1 Å². The van der Waals surface area contributed by atoms with Gasteiger partial charge in [0.15, 0.2) is 0 Å². The minimum atomic E-state index is -0.601. The zero-order chi connectivity index (χ0) is 22.1. The second kappa shape index (κ2) is 10.8. The molecule has 0 amide bonds. The van der Waals surface area contributed by atoms with Crippen molar-refractivity contribution in [3.8, 4) is 11.1 Å². The summed E-state index contributed by atoms with van der Waals surface area (Å²) >= 11 is 0. The predicted octanol–water partition coefficient (Wildman–Crippen LogP) is 3.10. The lowest BCUT2D eigenvalue weighted by molar-refractivity contribution is -0.119. The Bertz CT molecular complexity index is 997. The maximum atomic E-state index is 11.8. The molecule has 7 heteroatoms. The van der Waals surface area contributed by atoms with E-state index in [2.05, 4.69) is 56.9 Å². The first-order valence-electron chi connectivity index (χ1n) is 10.6. The highest BCUT2D eigenvalue weighted by Crippen LogP contribution is 2.25. The molecule has 0 aliphatic rings. The molecule has 1 aromatic heterocycles. The maximum Gasteiger partial charge on any atom is 0.340 e. The van der Waals surface area contributed by atoms with Gasteiger partial charge >= 0.3 is 5.69 Å². The average Bonchev–Trinajstić information content (AvgIpc) is 3.22. The molecule has 7 nitrogen and oxygen atoms in total. The van der Waals surface area contributed by atoms with Gasteiger partial charge in [-0.2, -0.15) is 5.10 Å². The summed E-state index contributed by atoms with van der Waals surface area (Å²) in [6, 6.07) is 18.7. The topological polar surface area (TPSA) is 99.9 Å². The van der Waals surface area contributed by atoms with Crippen LogP contribution in [0.25, 0.3) is 11.1 Å². The average molecular weight is 423 g/mol.